The Morgan fingerprint density at radius 3 is 2.43 bits per heavy atom. The highest BCUT2D eigenvalue weighted by Gasteiger charge is 2.23. The third kappa shape index (κ3) is 9.98. The molecule has 0 saturated carbocycles. The Bertz CT molecular complexity index is 172. The van der Waals surface area contributed by atoms with E-state index in [1.807, 2.05) is 21.1 Å². The molecule has 14 heavy (non-hydrogen) atoms. The van der Waals surface area contributed by atoms with Gasteiger partial charge < -0.3 is 10.2 Å². The van der Waals surface area contributed by atoms with Crippen molar-refractivity contribution in [3.8, 4) is 0 Å². The van der Waals surface area contributed by atoms with Gasteiger partial charge in [0.15, 0.2) is 6.61 Å². The van der Waals surface area contributed by atoms with Crippen LogP contribution < -0.4 is 5.73 Å². The van der Waals surface area contributed by atoms with Gasteiger partial charge >= 0.3 is 8.25 Å². The Balaban J connectivity index is 3.36. The quantitative estimate of drug-likeness (QED) is 0.211. The molecule has 0 aliphatic carbocycles. The average molecular weight is 226 g/mol. The minimum Gasteiger partial charge on any atom is -0.329 e. The molecule has 0 radical (unpaired) electrons. The molecule has 0 saturated heterocycles. The van der Waals surface area contributed by atoms with E-state index in [4.69, 9.17) is 10.3 Å². The minimum absolute atomic E-state index is 0.208. The summed E-state index contributed by atoms with van der Waals surface area (Å²) in [4.78, 5) is 4.49. The summed E-state index contributed by atoms with van der Waals surface area (Å²) in [7, 11) is 3.87. The predicted octanol–water partition coefficient (Wildman–Crippen LogP) is 0.274. The number of nitrogens with zero attached hydrogens (tertiary/aromatic N) is 1. The Hall–Kier alpha value is -0.100. The zero-order chi connectivity index (χ0) is 11.0. The molecule has 0 heterocycles. The van der Waals surface area contributed by atoms with Crippen molar-refractivity contribution in [1.29, 1.82) is 0 Å². The van der Waals surface area contributed by atoms with Crippen LogP contribution in [0.5, 0.6) is 0 Å². The zero-order valence-corrected chi connectivity index (χ0v) is 9.83. The molecule has 0 amide bonds. The van der Waals surface area contributed by atoms with E-state index >= 15 is 0 Å². The summed E-state index contributed by atoms with van der Waals surface area (Å²) in [6.07, 6.45) is 0. The highest BCUT2D eigenvalue weighted by molar-refractivity contribution is 7.33. The van der Waals surface area contributed by atoms with Crippen molar-refractivity contribution in [3.05, 3.63) is 0 Å². The van der Waals surface area contributed by atoms with E-state index in [1.54, 1.807) is 0 Å². The number of rotatable bonds is 8. The minimum atomic E-state index is -2.18. The van der Waals surface area contributed by atoms with E-state index in [0.29, 0.717) is 13.2 Å². The lowest BCUT2D eigenvalue weighted by Crippen LogP contribution is -2.37. The van der Waals surface area contributed by atoms with Gasteiger partial charge in [-0.1, -0.05) is 0 Å². The van der Waals surface area contributed by atoms with Gasteiger partial charge in [-0.15, -0.1) is 4.52 Å². The number of hydrogen-bond donors (Lipinski definition) is 1. The molecule has 2 N–H and O–H groups in total. The van der Waals surface area contributed by atoms with Crippen LogP contribution in [-0.4, -0.2) is 51.9 Å². The molecule has 7 heteroatoms. The van der Waals surface area contributed by atoms with Crippen molar-refractivity contribution in [3.63, 3.8) is 0 Å². The van der Waals surface area contributed by atoms with E-state index < -0.39 is 8.25 Å². The van der Waals surface area contributed by atoms with Gasteiger partial charge in [-0.3, -0.25) is 0 Å². The summed E-state index contributed by atoms with van der Waals surface area (Å²) in [5, 5.41) is 0. The van der Waals surface area contributed by atoms with E-state index in [2.05, 4.69) is 9.56 Å². The number of nitrogens with two attached hydrogens (primary N) is 1. The van der Waals surface area contributed by atoms with Crippen molar-refractivity contribution in [2.45, 2.75) is 0 Å². The Morgan fingerprint density at radius 2 is 1.93 bits per heavy atom. The van der Waals surface area contributed by atoms with Crippen molar-refractivity contribution in [1.82, 2.24) is 0 Å². The lowest BCUT2D eigenvalue weighted by Gasteiger charge is -2.21. The maximum atomic E-state index is 10.9. The van der Waals surface area contributed by atoms with Gasteiger partial charge in [0.1, 0.15) is 6.54 Å². The monoisotopic (exact) mass is 226 g/mol. The summed E-state index contributed by atoms with van der Waals surface area (Å²) in [6, 6.07) is 0. The molecule has 0 bridgehead atoms. The van der Waals surface area contributed by atoms with Gasteiger partial charge in [0.05, 0.1) is 32.4 Å². The predicted molar refractivity (Wildman–Crippen MR) is 52.5 cm³/mol. The third-order valence-electron chi connectivity index (χ3n) is 1.27. The van der Waals surface area contributed by atoms with Crippen LogP contribution in [-0.2, 0) is 18.7 Å². The largest absolute Gasteiger partial charge is 0.728 e. The van der Waals surface area contributed by atoms with Crippen molar-refractivity contribution in [2.75, 3.05) is 47.4 Å². The van der Waals surface area contributed by atoms with Gasteiger partial charge in [0.25, 0.3) is 0 Å². The molecule has 0 spiro atoms. The molecule has 0 aliphatic rings. The number of quaternary nitrogens is 1. The second-order valence-electron chi connectivity index (χ2n) is 3.76. The summed E-state index contributed by atoms with van der Waals surface area (Å²) in [5.41, 5.74) is 5.13. The van der Waals surface area contributed by atoms with Gasteiger partial charge in [-0.2, -0.15) is 4.89 Å². The van der Waals surface area contributed by atoms with Crippen LogP contribution in [0.25, 0.3) is 0 Å². The fraction of sp³-hybridized carbons (Fsp3) is 1.00. The van der Waals surface area contributed by atoms with Crippen LogP contribution in [0.1, 0.15) is 0 Å². The highest BCUT2D eigenvalue weighted by atomic mass is 31.1. The lowest BCUT2D eigenvalue weighted by molar-refractivity contribution is -0.870. The summed E-state index contributed by atoms with van der Waals surface area (Å²) in [6.45, 7) is 1.65. The van der Waals surface area contributed by atoms with E-state index in [0.717, 1.165) is 11.0 Å². The molecular formula is C7H19N2O4P+2. The molecule has 0 fully saturated rings. The Kier molecular flexibility index (Phi) is 7.17. The molecule has 0 aromatic carbocycles. The molecular weight excluding hydrogens is 207 g/mol. The van der Waals surface area contributed by atoms with Crippen molar-refractivity contribution < 1.29 is 23.1 Å². The average Bonchev–Trinajstić information content (AvgIpc) is 2.02. The molecule has 0 rings (SSSR count). The van der Waals surface area contributed by atoms with Crippen LogP contribution in [0.15, 0.2) is 0 Å². The molecule has 1 atom stereocenters. The molecule has 6 nitrogen and oxygen atoms in total. The first-order valence-corrected chi connectivity index (χ1v) is 5.45. The van der Waals surface area contributed by atoms with Crippen LogP contribution in [0.4, 0.5) is 0 Å². The smallest absolute Gasteiger partial charge is 0.329 e. The zero-order valence-electron chi connectivity index (χ0n) is 8.93. The second-order valence-corrected chi connectivity index (χ2v) is 4.61. The van der Waals surface area contributed by atoms with Gasteiger partial charge in [0, 0.05) is 11.1 Å². The maximum absolute atomic E-state index is 10.9. The van der Waals surface area contributed by atoms with Gasteiger partial charge in [-0.05, 0) is 0 Å². The standard InChI is InChI=1S/C7H19N2O4P/c1-9(2,3)5-7-12-14(10)13-11-6-4-8/h4-8H2,1-3H3/q+2. The molecule has 0 aliphatic heterocycles. The molecule has 1 unspecified atom stereocenters. The van der Waals surface area contributed by atoms with E-state index in [1.165, 1.54) is 0 Å². The topological polar surface area (TPSA) is 70.8 Å². The molecule has 0 aromatic heterocycles. The van der Waals surface area contributed by atoms with Crippen LogP contribution in [0.3, 0.4) is 0 Å². The Labute approximate surface area is 85.4 Å². The fourth-order valence-corrected chi connectivity index (χ4v) is 0.974. The van der Waals surface area contributed by atoms with E-state index in [-0.39, 0.29) is 6.61 Å². The van der Waals surface area contributed by atoms with Gasteiger partial charge in [-0.25, -0.2) is 0 Å². The van der Waals surface area contributed by atoms with Crippen molar-refractivity contribution in [2.24, 2.45) is 5.73 Å². The Morgan fingerprint density at radius 1 is 1.29 bits per heavy atom. The number of likely N-dealkylation sites (N-methyl/N-ethyl adjacent to an activating group) is 1. The second kappa shape index (κ2) is 7.23. The normalized spacial score (nSPS) is 13.0. The summed E-state index contributed by atoms with van der Waals surface area (Å²) < 4.78 is 20.9. The summed E-state index contributed by atoms with van der Waals surface area (Å²) in [5.74, 6) is 0. The highest BCUT2D eigenvalue weighted by Crippen LogP contribution is 2.23. The van der Waals surface area contributed by atoms with Crippen LogP contribution >= 0.6 is 8.25 Å². The van der Waals surface area contributed by atoms with Crippen LogP contribution in [0, 0.1) is 0 Å². The van der Waals surface area contributed by atoms with Gasteiger partial charge in [0.2, 0.25) is 0 Å². The van der Waals surface area contributed by atoms with Crippen molar-refractivity contribution >= 4 is 8.25 Å². The third-order valence-corrected chi connectivity index (χ3v) is 1.89. The number of hydrogen-bond acceptors (Lipinski definition) is 5. The maximum Gasteiger partial charge on any atom is 0.728 e. The first-order valence-electron chi connectivity index (χ1n) is 4.36. The van der Waals surface area contributed by atoms with E-state index in [9.17, 15) is 4.57 Å². The fourth-order valence-electron chi connectivity index (χ4n) is 0.539. The first-order chi connectivity index (χ1) is 6.45. The molecule has 84 valence electrons. The first kappa shape index (κ1) is 13.9. The van der Waals surface area contributed by atoms with Crippen LogP contribution in [0.2, 0.25) is 0 Å². The SMILES string of the molecule is C[N+](C)(C)CCO[P+](=O)OOCCN. The summed E-state index contributed by atoms with van der Waals surface area (Å²) >= 11 is 0. The lowest BCUT2D eigenvalue weighted by atomic mass is 10.5. The molecule has 0 aromatic rings.